The fraction of sp³-hybridized carbons (Fsp3) is 0.259. The summed E-state index contributed by atoms with van der Waals surface area (Å²) in [4.78, 5) is 26.5. The Balaban J connectivity index is 1.29. The van der Waals surface area contributed by atoms with E-state index in [1.807, 2.05) is 53.4 Å². The van der Waals surface area contributed by atoms with E-state index < -0.39 is 5.97 Å². The molecule has 33 heavy (non-hydrogen) atoms. The number of rotatable bonds is 7. The van der Waals surface area contributed by atoms with Gasteiger partial charge in [-0.2, -0.15) is 0 Å². The van der Waals surface area contributed by atoms with Crippen LogP contribution in [0.2, 0.25) is 5.02 Å². The number of hydrogen-bond donors (Lipinski definition) is 0. The largest absolute Gasteiger partial charge is 0.489 e. The highest BCUT2D eigenvalue weighted by molar-refractivity contribution is 6.33. The molecule has 0 spiro atoms. The summed E-state index contributed by atoms with van der Waals surface area (Å²) in [5.74, 6) is 1.09. The molecule has 1 aliphatic carbocycles. The van der Waals surface area contributed by atoms with Crippen LogP contribution < -0.4 is 4.74 Å². The average Bonchev–Trinajstić information content (AvgIpc) is 3.60. The van der Waals surface area contributed by atoms with E-state index in [-0.39, 0.29) is 5.91 Å². The minimum Gasteiger partial charge on any atom is -0.489 e. The minimum atomic E-state index is -0.466. The number of nitrogens with zero attached hydrogens (tertiary/aromatic N) is 1. The summed E-state index contributed by atoms with van der Waals surface area (Å²) in [7, 11) is 1.34. The molecule has 6 heteroatoms. The number of carbonyl (C=O) groups excluding carboxylic acids is 2. The van der Waals surface area contributed by atoms with Gasteiger partial charge in [0.2, 0.25) is 0 Å². The van der Waals surface area contributed by atoms with Gasteiger partial charge in [0.05, 0.1) is 17.7 Å². The van der Waals surface area contributed by atoms with E-state index >= 15 is 0 Å². The summed E-state index contributed by atoms with van der Waals surface area (Å²) in [5, 5.41) is 0.357. The van der Waals surface area contributed by atoms with Crippen molar-refractivity contribution < 1.29 is 19.1 Å². The topological polar surface area (TPSA) is 55.8 Å². The smallest absolute Gasteiger partial charge is 0.339 e. The first kappa shape index (κ1) is 21.5. The molecule has 5 rings (SSSR count). The van der Waals surface area contributed by atoms with Crippen LogP contribution in [0.15, 0.2) is 60.7 Å². The number of carbonyl (C=O) groups is 2. The first-order valence-corrected chi connectivity index (χ1v) is 11.4. The van der Waals surface area contributed by atoms with Gasteiger partial charge in [-0.1, -0.05) is 35.9 Å². The van der Waals surface area contributed by atoms with Gasteiger partial charge < -0.3 is 14.4 Å². The molecule has 3 aromatic carbocycles. The number of methoxy groups -OCH3 is 1. The Bertz CT molecular complexity index is 1230. The van der Waals surface area contributed by atoms with Crippen molar-refractivity contribution in [1.82, 2.24) is 4.90 Å². The second-order valence-electron chi connectivity index (χ2n) is 8.62. The molecule has 1 amide bonds. The van der Waals surface area contributed by atoms with E-state index in [0.29, 0.717) is 29.7 Å². The summed E-state index contributed by atoms with van der Waals surface area (Å²) in [6.07, 6.45) is 2.46. The van der Waals surface area contributed by atoms with Gasteiger partial charge in [-0.3, -0.25) is 4.79 Å². The lowest BCUT2D eigenvalue weighted by Crippen LogP contribution is -2.26. The minimum absolute atomic E-state index is 0.130. The molecule has 0 aromatic heterocycles. The van der Waals surface area contributed by atoms with Crippen LogP contribution in [0.3, 0.4) is 0 Å². The quantitative estimate of drug-likeness (QED) is 0.421. The van der Waals surface area contributed by atoms with Gasteiger partial charge in [-0.05, 0) is 77.4 Å². The average molecular weight is 462 g/mol. The normalized spacial score (nSPS) is 14.8. The highest BCUT2D eigenvalue weighted by Gasteiger charge is 2.32. The van der Waals surface area contributed by atoms with E-state index in [1.54, 1.807) is 12.1 Å². The van der Waals surface area contributed by atoms with Gasteiger partial charge in [-0.15, -0.1) is 0 Å². The number of esters is 1. The predicted molar refractivity (Wildman–Crippen MR) is 126 cm³/mol. The van der Waals surface area contributed by atoms with Crippen molar-refractivity contribution >= 4 is 23.5 Å². The summed E-state index contributed by atoms with van der Waals surface area (Å²) >= 11 is 6.15. The van der Waals surface area contributed by atoms with Gasteiger partial charge in [-0.25, -0.2) is 4.79 Å². The Labute approximate surface area is 197 Å². The molecule has 0 bridgehead atoms. The van der Waals surface area contributed by atoms with E-state index in [9.17, 15) is 9.59 Å². The number of ether oxygens (including phenoxy) is 2. The molecule has 1 aliphatic heterocycles. The van der Waals surface area contributed by atoms with Gasteiger partial charge in [0.1, 0.15) is 12.4 Å². The monoisotopic (exact) mass is 461 g/mol. The van der Waals surface area contributed by atoms with Crippen molar-refractivity contribution in [2.24, 2.45) is 5.92 Å². The zero-order chi connectivity index (χ0) is 22.9. The van der Waals surface area contributed by atoms with Crippen LogP contribution in [-0.4, -0.2) is 30.4 Å². The van der Waals surface area contributed by atoms with Crippen LogP contribution in [0.4, 0.5) is 0 Å². The molecule has 1 heterocycles. The molecule has 0 atom stereocenters. The molecule has 0 radical (unpaired) electrons. The van der Waals surface area contributed by atoms with Gasteiger partial charge in [0, 0.05) is 18.7 Å². The third-order valence-corrected chi connectivity index (χ3v) is 6.50. The van der Waals surface area contributed by atoms with E-state index in [0.717, 1.165) is 40.1 Å². The number of fused-ring (bicyclic) bond motifs is 1. The predicted octanol–water partition coefficient (Wildman–Crippen LogP) is 5.74. The van der Waals surface area contributed by atoms with Crippen LogP contribution >= 0.6 is 11.6 Å². The number of halogens is 1. The summed E-state index contributed by atoms with van der Waals surface area (Å²) < 4.78 is 10.9. The molecule has 1 saturated carbocycles. The molecule has 1 fully saturated rings. The van der Waals surface area contributed by atoms with Crippen LogP contribution in [-0.2, 0) is 17.9 Å². The Morgan fingerprint density at radius 3 is 2.67 bits per heavy atom. The molecule has 2 aliphatic rings. The van der Waals surface area contributed by atoms with Crippen LogP contribution in [0.25, 0.3) is 11.1 Å². The van der Waals surface area contributed by atoms with E-state index in [2.05, 4.69) is 0 Å². The molecule has 3 aromatic rings. The standard InChI is InChI=1S/C27H24ClNO4/c1-32-27(31)24-13-20(7-10-25(24)28)19-4-2-3-18(11-19)16-33-22-8-9-23-21(12-22)15-29(26(23)30)14-17-5-6-17/h2-4,7-13,17H,5-6,14-16H2,1H3. The molecule has 5 nitrogen and oxygen atoms in total. The Morgan fingerprint density at radius 1 is 1.06 bits per heavy atom. The molecule has 0 N–H and O–H groups in total. The molecule has 0 saturated heterocycles. The van der Waals surface area contributed by atoms with Crippen molar-refractivity contribution in [3.8, 4) is 16.9 Å². The fourth-order valence-electron chi connectivity index (χ4n) is 4.19. The Kier molecular flexibility index (Phi) is 5.81. The second kappa shape index (κ2) is 8.91. The first-order chi connectivity index (χ1) is 16.0. The van der Waals surface area contributed by atoms with Crippen molar-refractivity contribution in [3.63, 3.8) is 0 Å². The Hall–Kier alpha value is -3.31. The number of hydrogen-bond acceptors (Lipinski definition) is 4. The number of benzene rings is 3. The molecule has 168 valence electrons. The molecular weight excluding hydrogens is 438 g/mol. The van der Waals surface area contributed by atoms with Gasteiger partial charge in [0.15, 0.2) is 0 Å². The zero-order valence-corrected chi connectivity index (χ0v) is 19.1. The van der Waals surface area contributed by atoms with E-state index in [1.165, 1.54) is 20.0 Å². The maximum absolute atomic E-state index is 12.6. The Morgan fingerprint density at radius 2 is 1.88 bits per heavy atom. The van der Waals surface area contributed by atoms with Crippen molar-refractivity contribution in [2.45, 2.75) is 26.0 Å². The first-order valence-electron chi connectivity index (χ1n) is 11.0. The van der Waals surface area contributed by atoms with Crippen molar-refractivity contribution in [3.05, 3.63) is 87.9 Å². The van der Waals surface area contributed by atoms with E-state index in [4.69, 9.17) is 21.1 Å². The number of amides is 1. The summed E-state index contributed by atoms with van der Waals surface area (Å²) in [5.41, 5.74) is 4.97. The van der Waals surface area contributed by atoms with Gasteiger partial charge >= 0.3 is 5.97 Å². The third kappa shape index (κ3) is 4.60. The highest BCUT2D eigenvalue weighted by atomic mass is 35.5. The maximum atomic E-state index is 12.6. The molecular formula is C27H24ClNO4. The third-order valence-electron chi connectivity index (χ3n) is 6.17. The lowest BCUT2D eigenvalue weighted by Gasteiger charge is -2.14. The van der Waals surface area contributed by atoms with Crippen LogP contribution in [0, 0.1) is 5.92 Å². The van der Waals surface area contributed by atoms with Crippen LogP contribution in [0.1, 0.15) is 44.7 Å². The summed E-state index contributed by atoms with van der Waals surface area (Å²) in [6.45, 7) is 1.92. The summed E-state index contributed by atoms with van der Waals surface area (Å²) in [6, 6.07) is 19.0. The second-order valence-corrected chi connectivity index (χ2v) is 9.03. The fourth-order valence-corrected chi connectivity index (χ4v) is 4.38. The molecule has 0 unspecified atom stereocenters. The van der Waals surface area contributed by atoms with Crippen molar-refractivity contribution in [2.75, 3.05) is 13.7 Å². The van der Waals surface area contributed by atoms with Gasteiger partial charge in [0.25, 0.3) is 5.91 Å². The zero-order valence-electron chi connectivity index (χ0n) is 18.3. The maximum Gasteiger partial charge on any atom is 0.339 e. The lowest BCUT2D eigenvalue weighted by atomic mass is 10.0. The van der Waals surface area contributed by atoms with Crippen molar-refractivity contribution in [1.29, 1.82) is 0 Å². The highest BCUT2D eigenvalue weighted by Crippen LogP contribution is 2.34. The lowest BCUT2D eigenvalue weighted by molar-refractivity contribution is 0.0600. The SMILES string of the molecule is COC(=O)c1cc(-c2cccc(COc3ccc4c(c3)CN(CC3CC3)C4=O)c2)ccc1Cl. The van der Waals surface area contributed by atoms with Crippen LogP contribution in [0.5, 0.6) is 5.75 Å².